The van der Waals surface area contributed by atoms with Crippen LogP contribution in [0.1, 0.15) is 24.7 Å². The lowest BCUT2D eigenvalue weighted by atomic mass is 10.2. The molecule has 0 bridgehead atoms. The number of hydrogen-bond donors (Lipinski definition) is 1. The summed E-state index contributed by atoms with van der Waals surface area (Å²) in [6.45, 7) is 7.59. The molecule has 10 heteroatoms. The SMILES string of the molecule is Cc1noc([C@@H](C)N2CCN(CC(=O)Nc3nncs3)CC2)n1. The molecule has 1 aliphatic rings. The first-order valence-corrected chi connectivity index (χ1v) is 8.32. The van der Waals surface area contributed by atoms with Crippen LogP contribution in [0.25, 0.3) is 0 Å². The number of carbonyl (C=O) groups is 1. The summed E-state index contributed by atoms with van der Waals surface area (Å²) in [5.41, 5.74) is 1.59. The van der Waals surface area contributed by atoms with Crippen molar-refractivity contribution >= 4 is 22.4 Å². The summed E-state index contributed by atoms with van der Waals surface area (Å²) in [7, 11) is 0. The second kappa shape index (κ2) is 7.11. The number of rotatable bonds is 5. The average molecular weight is 337 g/mol. The van der Waals surface area contributed by atoms with Crippen molar-refractivity contribution in [2.75, 3.05) is 38.0 Å². The lowest BCUT2D eigenvalue weighted by Crippen LogP contribution is -2.49. The van der Waals surface area contributed by atoms with E-state index in [0.717, 1.165) is 26.2 Å². The smallest absolute Gasteiger partial charge is 0.243 e. The molecule has 1 atom stereocenters. The predicted octanol–water partition coefficient (Wildman–Crippen LogP) is 0.547. The van der Waals surface area contributed by atoms with Gasteiger partial charge in [0.15, 0.2) is 5.82 Å². The molecular formula is C13H19N7O2S. The van der Waals surface area contributed by atoms with Crippen LogP contribution in [0.4, 0.5) is 5.13 Å². The summed E-state index contributed by atoms with van der Waals surface area (Å²) >= 11 is 1.31. The molecule has 1 amide bonds. The van der Waals surface area contributed by atoms with Crippen molar-refractivity contribution in [3.8, 4) is 0 Å². The van der Waals surface area contributed by atoms with Gasteiger partial charge in [-0.15, -0.1) is 10.2 Å². The number of nitrogens with one attached hydrogen (secondary N) is 1. The number of piperazine rings is 1. The van der Waals surface area contributed by atoms with Gasteiger partial charge in [-0.3, -0.25) is 19.9 Å². The van der Waals surface area contributed by atoms with Crippen LogP contribution in [-0.4, -0.2) is 68.8 Å². The molecule has 9 nitrogen and oxygen atoms in total. The molecular weight excluding hydrogens is 318 g/mol. The van der Waals surface area contributed by atoms with Gasteiger partial charge in [-0.05, 0) is 13.8 Å². The molecule has 3 heterocycles. The van der Waals surface area contributed by atoms with Crippen LogP contribution in [0.5, 0.6) is 0 Å². The van der Waals surface area contributed by atoms with E-state index >= 15 is 0 Å². The second-order valence-corrected chi connectivity index (χ2v) is 6.29. The molecule has 0 aliphatic carbocycles. The first kappa shape index (κ1) is 16.0. The maximum atomic E-state index is 12.0. The molecule has 2 aromatic rings. The van der Waals surface area contributed by atoms with E-state index in [2.05, 4.69) is 42.4 Å². The summed E-state index contributed by atoms with van der Waals surface area (Å²) in [4.78, 5) is 20.7. The molecule has 124 valence electrons. The van der Waals surface area contributed by atoms with Gasteiger partial charge in [-0.25, -0.2) is 0 Å². The molecule has 0 unspecified atom stereocenters. The third-order valence-corrected chi connectivity index (χ3v) is 4.44. The number of anilines is 1. The topological polar surface area (TPSA) is 100 Å². The number of aryl methyl sites for hydroxylation is 1. The largest absolute Gasteiger partial charge is 0.338 e. The minimum Gasteiger partial charge on any atom is -0.338 e. The van der Waals surface area contributed by atoms with E-state index in [4.69, 9.17) is 4.52 Å². The lowest BCUT2D eigenvalue weighted by molar-refractivity contribution is -0.117. The fourth-order valence-electron chi connectivity index (χ4n) is 2.54. The van der Waals surface area contributed by atoms with Crippen LogP contribution in [-0.2, 0) is 4.79 Å². The summed E-state index contributed by atoms with van der Waals surface area (Å²) < 4.78 is 5.24. The maximum absolute atomic E-state index is 12.0. The highest BCUT2D eigenvalue weighted by molar-refractivity contribution is 7.13. The van der Waals surface area contributed by atoms with E-state index in [1.807, 2.05) is 6.92 Å². The number of nitrogens with zero attached hydrogens (tertiary/aromatic N) is 6. The standard InChI is InChI=1S/C13H19N7O2S/c1-9(12-15-10(2)18-22-12)20-5-3-19(4-6-20)7-11(21)16-13-17-14-8-23-13/h8-9H,3-7H2,1-2H3,(H,16,17,21)/t9-/m1/s1. The van der Waals surface area contributed by atoms with Crippen LogP contribution in [0.2, 0.25) is 0 Å². The number of hydrogen-bond acceptors (Lipinski definition) is 9. The molecule has 23 heavy (non-hydrogen) atoms. The number of carbonyl (C=O) groups excluding carboxylic acids is 1. The van der Waals surface area contributed by atoms with Crippen LogP contribution in [0, 0.1) is 6.92 Å². The Balaban J connectivity index is 1.45. The van der Waals surface area contributed by atoms with E-state index in [0.29, 0.717) is 23.4 Å². The fourth-order valence-corrected chi connectivity index (χ4v) is 3.00. The lowest BCUT2D eigenvalue weighted by Gasteiger charge is -2.36. The van der Waals surface area contributed by atoms with Crippen molar-refractivity contribution < 1.29 is 9.32 Å². The van der Waals surface area contributed by atoms with Gasteiger partial charge in [-0.2, -0.15) is 4.98 Å². The number of aromatic nitrogens is 4. The Hall–Kier alpha value is -1.91. The molecule has 3 rings (SSSR count). The molecule has 0 aromatic carbocycles. The normalized spacial score (nSPS) is 18.0. The first-order valence-electron chi connectivity index (χ1n) is 7.44. The quantitative estimate of drug-likeness (QED) is 0.844. The molecule has 1 saturated heterocycles. The summed E-state index contributed by atoms with van der Waals surface area (Å²) in [5.74, 6) is 1.24. The van der Waals surface area contributed by atoms with E-state index in [9.17, 15) is 4.79 Å². The van der Waals surface area contributed by atoms with Crippen molar-refractivity contribution in [1.82, 2.24) is 30.1 Å². The average Bonchev–Trinajstić information content (AvgIpc) is 3.19. The molecule has 0 saturated carbocycles. The minimum atomic E-state index is -0.0595. The van der Waals surface area contributed by atoms with Crippen LogP contribution >= 0.6 is 11.3 Å². The first-order chi connectivity index (χ1) is 11.1. The predicted molar refractivity (Wildman–Crippen MR) is 84.0 cm³/mol. The zero-order chi connectivity index (χ0) is 16.2. The van der Waals surface area contributed by atoms with Gasteiger partial charge in [0, 0.05) is 26.2 Å². The molecule has 0 spiro atoms. The summed E-state index contributed by atoms with van der Waals surface area (Å²) in [6, 6.07) is 0.0913. The Morgan fingerprint density at radius 1 is 1.43 bits per heavy atom. The Morgan fingerprint density at radius 3 is 2.83 bits per heavy atom. The number of amides is 1. The summed E-state index contributed by atoms with van der Waals surface area (Å²) in [5, 5.41) is 14.6. The Bertz CT molecular complexity index is 637. The van der Waals surface area contributed by atoms with Gasteiger partial charge in [0.1, 0.15) is 5.51 Å². The van der Waals surface area contributed by atoms with Crippen LogP contribution < -0.4 is 5.32 Å². The summed E-state index contributed by atoms with van der Waals surface area (Å²) in [6.07, 6.45) is 0. The molecule has 0 radical (unpaired) electrons. The van der Waals surface area contributed by atoms with Crippen molar-refractivity contribution in [3.05, 3.63) is 17.2 Å². The van der Waals surface area contributed by atoms with Crippen LogP contribution in [0.15, 0.2) is 10.0 Å². The zero-order valence-electron chi connectivity index (χ0n) is 13.1. The van der Waals surface area contributed by atoms with Crippen molar-refractivity contribution in [2.45, 2.75) is 19.9 Å². The van der Waals surface area contributed by atoms with E-state index in [-0.39, 0.29) is 11.9 Å². The Labute approximate surface area is 137 Å². The molecule has 1 fully saturated rings. The highest BCUT2D eigenvalue weighted by atomic mass is 32.1. The maximum Gasteiger partial charge on any atom is 0.243 e. The Morgan fingerprint density at radius 2 is 2.22 bits per heavy atom. The van der Waals surface area contributed by atoms with Gasteiger partial charge >= 0.3 is 0 Å². The van der Waals surface area contributed by atoms with Crippen LogP contribution in [0.3, 0.4) is 0 Å². The highest BCUT2D eigenvalue weighted by Crippen LogP contribution is 2.20. The van der Waals surface area contributed by atoms with E-state index in [1.165, 1.54) is 11.3 Å². The molecule has 2 aromatic heterocycles. The van der Waals surface area contributed by atoms with Gasteiger partial charge < -0.3 is 4.52 Å². The van der Waals surface area contributed by atoms with Crippen molar-refractivity contribution in [1.29, 1.82) is 0 Å². The van der Waals surface area contributed by atoms with Gasteiger partial charge in [0.2, 0.25) is 16.9 Å². The van der Waals surface area contributed by atoms with E-state index in [1.54, 1.807) is 5.51 Å². The highest BCUT2D eigenvalue weighted by Gasteiger charge is 2.26. The van der Waals surface area contributed by atoms with Gasteiger partial charge in [0.05, 0.1) is 12.6 Å². The van der Waals surface area contributed by atoms with Crippen molar-refractivity contribution in [3.63, 3.8) is 0 Å². The van der Waals surface area contributed by atoms with Gasteiger partial charge in [-0.1, -0.05) is 16.5 Å². The molecule has 1 N–H and O–H groups in total. The van der Waals surface area contributed by atoms with E-state index < -0.39 is 0 Å². The Kier molecular flexibility index (Phi) is 4.94. The monoisotopic (exact) mass is 337 g/mol. The second-order valence-electron chi connectivity index (χ2n) is 5.46. The van der Waals surface area contributed by atoms with Crippen molar-refractivity contribution in [2.24, 2.45) is 0 Å². The minimum absolute atomic E-state index is 0.0595. The zero-order valence-corrected chi connectivity index (χ0v) is 13.9. The third-order valence-electron chi connectivity index (χ3n) is 3.83. The fraction of sp³-hybridized carbons (Fsp3) is 0.615. The third kappa shape index (κ3) is 4.09. The molecule has 1 aliphatic heterocycles. The van der Waals surface area contributed by atoms with Gasteiger partial charge in [0.25, 0.3) is 0 Å².